The topological polar surface area (TPSA) is 64.3 Å². The molecular weight excluding hydrogens is 300 g/mol. The van der Waals surface area contributed by atoms with Gasteiger partial charge in [-0.1, -0.05) is 24.1 Å². The summed E-state index contributed by atoms with van der Waals surface area (Å²) in [6, 6.07) is 6.50. The van der Waals surface area contributed by atoms with Gasteiger partial charge in [0.15, 0.2) is 0 Å². The Bertz CT molecular complexity index is 573. The van der Waals surface area contributed by atoms with Crippen molar-refractivity contribution in [3.05, 3.63) is 29.3 Å². The summed E-state index contributed by atoms with van der Waals surface area (Å²) >= 11 is 0. The van der Waals surface area contributed by atoms with Gasteiger partial charge in [-0.15, -0.1) is 0 Å². The Hall–Kier alpha value is -1.55. The smallest absolute Gasteiger partial charge is 0.223 e. The second kappa shape index (κ2) is 7.56. The Morgan fingerprint density at radius 2 is 2.00 bits per heavy atom. The molecule has 4 nitrogen and oxygen atoms in total. The van der Waals surface area contributed by atoms with E-state index in [-0.39, 0.29) is 11.8 Å². The molecule has 0 spiro atoms. The van der Waals surface area contributed by atoms with E-state index in [1.165, 1.54) is 24.8 Å². The summed E-state index contributed by atoms with van der Waals surface area (Å²) < 4.78 is 5.41. The monoisotopic (exact) mass is 330 g/mol. The number of nitrogens with one attached hydrogen (secondary N) is 1. The van der Waals surface area contributed by atoms with Crippen molar-refractivity contribution < 1.29 is 9.53 Å². The number of methoxy groups -OCH3 is 1. The SMILES string of the molecule is COc1ccc(C)cc1CCNC(=O)C1CC2CCCC(C1)C2N. The lowest BCUT2D eigenvalue weighted by atomic mass is 9.65. The molecular formula is C20H30N2O2. The zero-order valence-electron chi connectivity index (χ0n) is 14.9. The highest BCUT2D eigenvalue weighted by atomic mass is 16.5. The standard InChI is InChI=1S/C20H30N2O2/c1-13-6-7-18(24-2)14(10-13)8-9-22-20(23)17-11-15-4-3-5-16(12-17)19(15)21/h6-7,10,15-17,19H,3-5,8-9,11-12,21H2,1-2H3,(H,22,23). The van der Waals surface area contributed by atoms with Gasteiger partial charge in [-0.3, -0.25) is 4.79 Å². The number of benzene rings is 1. The predicted octanol–water partition coefficient (Wildman–Crippen LogP) is 2.82. The average molecular weight is 330 g/mol. The van der Waals surface area contributed by atoms with Crippen LogP contribution in [0.5, 0.6) is 5.75 Å². The van der Waals surface area contributed by atoms with Crippen LogP contribution < -0.4 is 15.8 Å². The van der Waals surface area contributed by atoms with Gasteiger partial charge < -0.3 is 15.8 Å². The average Bonchev–Trinajstić information content (AvgIpc) is 2.54. The number of carbonyl (C=O) groups is 1. The van der Waals surface area contributed by atoms with Crippen LogP contribution in [0.3, 0.4) is 0 Å². The molecule has 2 atom stereocenters. The summed E-state index contributed by atoms with van der Waals surface area (Å²) in [6.45, 7) is 2.74. The van der Waals surface area contributed by atoms with Crippen molar-refractivity contribution in [3.63, 3.8) is 0 Å². The molecule has 0 aliphatic heterocycles. The molecule has 24 heavy (non-hydrogen) atoms. The van der Waals surface area contributed by atoms with Crippen LogP contribution in [0.2, 0.25) is 0 Å². The third-order valence-electron chi connectivity index (χ3n) is 5.91. The maximum Gasteiger partial charge on any atom is 0.223 e. The summed E-state index contributed by atoms with van der Waals surface area (Å²) in [5.74, 6) is 2.35. The molecule has 1 aromatic carbocycles. The number of nitrogens with two attached hydrogens (primary N) is 1. The minimum atomic E-state index is 0.152. The van der Waals surface area contributed by atoms with Crippen LogP contribution >= 0.6 is 0 Å². The Morgan fingerprint density at radius 3 is 2.67 bits per heavy atom. The molecule has 0 aromatic heterocycles. The summed E-state index contributed by atoms with van der Waals surface area (Å²) in [6.07, 6.45) is 6.42. The minimum Gasteiger partial charge on any atom is -0.496 e. The fourth-order valence-corrected chi connectivity index (χ4v) is 4.57. The largest absolute Gasteiger partial charge is 0.496 e. The second-order valence-corrected chi connectivity index (χ2v) is 7.55. The highest BCUT2D eigenvalue weighted by molar-refractivity contribution is 5.78. The molecule has 0 radical (unpaired) electrons. The number of rotatable bonds is 5. The van der Waals surface area contributed by atoms with Gasteiger partial charge in [0.2, 0.25) is 5.91 Å². The first-order valence-electron chi connectivity index (χ1n) is 9.25. The first-order chi connectivity index (χ1) is 11.6. The predicted molar refractivity (Wildman–Crippen MR) is 96.0 cm³/mol. The maximum atomic E-state index is 12.6. The molecule has 2 aliphatic rings. The van der Waals surface area contributed by atoms with E-state index in [0.717, 1.165) is 30.6 Å². The van der Waals surface area contributed by atoms with Gasteiger partial charge in [0.1, 0.15) is 5.75 Å². The van der Waals surface area contributed by atoms with Crippen molar-refractivity contribution in [3.8, 4) is 5.75 Å². The fourth-order valence-electron chi connectivity index (χ4n) is 4.57. The maximum absolute atomic E-state index is 12.6. The van der Waals surface area contributed by atoms with Crippen LogP contribution in [-0.4, -0.2) is 25.6 Å². The van der Waals surface area contributed by atoms with E-state index in [0.29, 0.717) is 24.4 Å². The summed E-state index contributed by atoms with van der Waals surface area (Å²) in [5.41, 5.74) is 8.69. The van der Waals surface area contributed by atoms with Gasteiger partial charge in [0.05, 0.1) is 7.11 Å². The molecule has 3 rings (SSSR count). The van der Waals surface area contributed by atoms with Crippen molar-refractivity contribution in [1.29, 1.82) is 0 Å². The highest BCUT2D eigenvalue weighted by Crippen LogP contribution is 2.41. The number of fused-ring (bicyclic) bond motifs is 2. The third kappa shape index (κ3) is 3.75. The number of hydrogen-bond donors (Lipinski definition) is 2. The molecule has 2 aliphatic carbocycles. The van der Waals surface area contributed by atoms with E-state index < -0.39 is 0 Å². The van der Waals surface area contributed by atoms with Crippen molar-refractivity contribution in [1.82, 2.24) is 5.32 Å². The van der Waals surface area contributed by atoms with Gasteiger partial charge in [0.25, 0.3) is 0 Å². The van der Waals surface area contributed by atoms with Gasteiger partial charge in [-0.2, -0.15) is 0 Å². The lowest BCUT2D eigenvalue weighted by Gasteiger charge is -2.43. The lowest BCUT2D eigenvalue weighted by Crippen LogP contribution is -2.49. The van der Waals surface area contributed by atoms with Crippen molar-refractivity contribution in [2.45, 2.75) is 51.5 Å². The van der Waals surface area contributed by atoms with E-state index in [1.807, 2.05) is 12.1 Å². The van der Waals surface area contributed by atoms with Crippen LogP contribution in [0.4, 0.5) is 0 Å². The second-order valence-electron chi connectivity index (χ2n) is 7.55. The number of carbonyl (C=O) groups excluding carboxylic acids is 1. The van der Waals surface area contributed by atoms with Crippen LogP contribution in [0.15, 0.2) is 18.2 Å². The van der Waals surface area contributed by atoms with Crippen molar-refractivity contribution in [2.75, 3.05) is 13.7 Å². The number of amides is 1. The fraction of sp³-hybridized carbons (Fsp3) is 0.650. The Labute approximate surface area is 145 Å². The summed E-state index contributed by atoms with van der Waals surface area (Å²) in [7, 11) is 1.69. The Morgan fingerprint density at radius 1 is 1.29 bits per heavy atom. The van der Waals surface area contributed by atoms with E-state index in [2.05, 4.69) is 18.3 Å². The normalized spacial score (nSPS) is 29.1. The van der Waals surface area contributed by atoms with E-state index in [9.17, 15) is 4.79 Å². The Kier molecular flexibility index (Phi) is 5.44. The molecule has 2 unspecified atom stereocenters. The molecule has 2 fully saturated rings. The zero-order valence-corrected chi connectivity index (χ0v) is 14.9. The minimum absolute atomic E-state index is 0.152. The summed E-state index contributed by atoms with van der Waals surface area (Å²) in [5, 5.41) is 3.14. The molecule has 1 aromatic rings. The van der Waals surface area contributed by atoms with Crippen LogP contribution in [0.1, 0.15) is 43.2 Å². The molecule has 0 heterocycles. The molecule has 3 N–H and O–H groups in total. The van der Waals surface area contributed by atoms with Gasteiger partial charge in [-0.25, -0.2) is 0 Å². The van der Waals surface area contributed by atoms with E-state index in [1.54, 1.807) is 7.11 Å². The highest BCUT2D eigenvalue weighted by Gasteiger charge is 2.40. The molecule has 0 saturated heterocycles. The van der Waals surface area contributed by atoms with E-state index >= 15 is 0 Å². The molecule has 2 saturated carbocycles. The van der Waals surface area contributed by atoms with E-state index in [4.69, 9.17) is 10.5 Å². The lowest BCUT2D eigenvalue weighted by molar-refractivity contribution is -0.127. The molecule has 132 valence electrons. The van der Waals surface area contributed by atoms with Gasteiger partial charge >= 0.3 is 0 Å². The Balaban J connectivity index is 1.52. The van der Waals surface area contributed by atoms with Crippen LogP contribution in [0.25, 0.3) is 0 Å². The van der Waals surface area contributed by atoms with Crippen molar-refractivity contribution >= 4 is 5.91 Å². The van der Waals surface area contributed by atoms with Gasteiger partial charge in [0, 0.05) is 18.5 Å². The first kappa shape index (κ1) is 17.3. The zero-order chi connectivity index (χ0) is 17.1. The summed E-state index contributed by atoms with van der Waals surface area (Å²) in [4.78, 5) is 12.6. The molecule has 4 heteroatoms. The quantitative estimate of drug-likeness (QED) is 0.872. The van der Waals surface area contributed by atoms with Crippen LogP contribution in [-0.2, 0) is 11.2 Å². The molecule has 1 amide bonds. The number of hydrogen-bond acceptors (Lipinski definition) is 3. The number of aryl methyl sites for hydroxylation is 1. The van der Waals surface area contributed by atoms with Crippen molar-refractivity contribution in [2.24, 2.45) is 23.5 Å². The number of ether oxygens (including phenoxy) is 1. The first-order valence-corrected chi connectivity index (χ1v) is 9.25. The molecule has 2 bridgehead atoms. The van der Waals surface area contributed by atoms with Crippen LogP contribution in [0, 0.1) is 24.7 Å². The van der Waals surface area contributed by atoms with Gasteiger partial charge in [-0.05, 0) is 62.5 Å². The third-order valence-corrected chi connectivity index (χ3v) is 5.91.